The number of nitrogens with zero attached hydrogens (tertiary/aromatic N) is 4. The number of nitrogens with one attached hydrogen (secondary N) is 2. The highest BCUT2D eigenvalue weighted by Crippen LogP contribution is 2.20. The van der Waals surface area contributed by atoms with Crippen molar-refractivity contribution in [2.24, 2.45) is 0 Å². The maximum absolute atomic E-state index is 12.3. The average molecular weight is 348 g/mol. The lowest BCUT2D eigenvalue weighted by Gasteiger charge is -2.25. The maximum atomic E-state index is 12.3. The van der Waals surface area contributed by atoms with Gasteiger partial charge < -0.3 is 5.32 Å². The lowest BCUT2D eigenvalue weighted by atomic mass is 10.00. The Labute approximate surface area is 146 Å². The van der Waals surface area contributed by atoms with Gasteiger partial charge in [0, 0.05) is 18.4 Å². The number of amides is 4. The van der Waals surface area contributed by atoms with Crippen molar-refractivity contribution in [1.29, 1.82) is 0 Å². The molecule has 9 heteroatoms. The molecule has 0 radical (unpaired) electrons. The first kappa shape index (κ1) is 17.4. The number of urea groups is 1. The van der Waals surface area contributed by atoms with Crippen LogP contribution in [0.4, 0.5) is 4.79 Å². The van der Waals surface area contributed by atoms with Crippen LogP contribution in [-0.2, 0) is 16.1 Å². The molecular formula is C16H24N6O3. The topological polar surface area (TPSA) is 99.6 Å². The first-order valence-corrected chi connectivity index (χ1v) is 8.60. The van der Waals surface area contributed by atoms with Gasteiger partial charge in [0.15, 0.2) is 0 Å². The lowest BCUT2D eigenvalue weighted by Crippen LogP contribution is -2.51. The number of hydrogen-bond donors (Lipinski definition) is 2. The molecule has 2 N–H and O–H groups in total. The van der Waals surface area contributed by atoms with E-state index in [1.807, 2.05) is 23.9 Å². The zero-order valence-electron chi connectivity index (χ0n) is 14.6. The monoisotopic (exact) mass is 348 g/mol. The van der Waals surface area contributed by atoms with Crippen molar-refractivity contribution in [2.45, 2.75) is 51.2 Å². The largest absolute Gasteiger partial charge is 0.344 e. The Hall–Kier alpha value is -2.42. The first-order valence-electron chi connectivity index (χ1n) is 8.60. The van der Waals surface area contributed by atoms with E-state index in [1.54, 1.807) is 13.1 Å². The van der Waals surface area contributed by atoms with E-state index in [4.69, 9.17) is 0 Å². The van der Waals surface area contributed by atoms with E-state index in [-0.39, 0.29) is 18.5 Å². The predicted octanol–water partition coefficient (Wildman–Crippen LogP) is 0.0992. The molecule has 0 bridgehead atoms. The highest BCUT2D eigenvalue weighted by molar-refractivity contribution is 6.07. The molecule has 0 aromatic carbocycles. The number of imide groups is 1. The molecule has 0 saturated carbocycles. The van der Waals surface area contributed by atoms with Crippen LogP contribution in [0.3, 0.4) is 0 Å². The molecule has 3 rings (SSSR count). The van der Waals surface area contributed by atoms with Gasteiger partial charge in [-0.1, -0.05) is 6.92 Å². The Morgan fingerprint density at radius 1 is 1.48 bits per heavy atom. The molecule has 3 heterocycles. The van der Waals surface area contributed by atoms with Gasteiger partial charge in [0.25, 0.3) is 11.8 Å². The second-order valence-corrected chi connectivity index (χ2v) is 6.79. The molecule has 2 aliphatic heterocycles. The molecule has 136 valence electrons. The number of carbonyl (C=O) groups is 3. The molecule has 0 aliphatic carbocycles. The van der Waals surface area contributed by atoms with Crippen LogP contribution in [0, 0.1) is 0 Å². The summed E-state index contributed by atoms with van der Waals surface area (Å²) in [5, 5.41) is 7.62. The predicted molar refractivity (Wildman–Crippen MR) is 89.0 cm³/mol. The number of hydrazine groups is 1. The van der Waals surface area contributed by atoms with Gasteiger partial charge >= 0.3 is 6.03 Å². The fourth-order valence-electron chi connectivity index (χ4n) is 3.30. The van der Waals surface area contributed by atoms with Crippen LogP contribution in [0.25, 0.3) is 0 Å². The Balaban J connectivity index is 1.57. The summed E-state index contributed by atoms with van der Waals surface area (Å²) in [5.74, 6) is -0.793. The zero-order valence-corrected chi connectivity index (χ0v) is 14.6. The second-order valence-electron chi connectivity index (χ2n) is 6.79. The molecule has 2 atom stereocenters. The highest BCUT2D eigenvalue weighted by Gasteiger charge is 2.47. The molecule has 2 fully saturated rings. The van der Waals surface area contributed by atoms with Crippen LogP contribution in [-0.4, -0.2) is 62.2 Å². The van der Waals surface area contributed by atoms with Crippen molar-refractivity contribution in [2.75, 3.05) is 13.1 Å². The van der Waals surface area contributed by atoms with E-state index >= 15 is 0 Å². The summed E-state index contributed by atoms with van der Waals surface area (Å²) in [6.07, 6.45) is 6.09. The second kappa shape index (κ2) is 6.83. The van der Waals surface area contributed by atoms with Gasteiger partial charge in [0.2, 0.25) is 0 Å². The Kier molecular flexibility index (Phi) is 4.76. The van der Waals surface area contributed by atoms with Crippen molar-refractivity contribution in [3.05, 3.63) is 18.5 Å². The summed E-state index contributed by atoms with van der Waals surface area (Å²) < 4.78 is 1.85. The van der Waals surface area contributed by atoms with Gasteiger partial charge in [-0.25, -0.2) is 4.79 Å². The van der Waals surface area contributed by atoms with Crippen LogP contribution >= 0.6 is 0 Å². The minimum absolute atomic E-state index is 0.145. The van der Waals surface area contributed by atoms with Crippen LogP contribution in [0.5, 0.6) is 0 Å². The van der Waals surface area contributed by atoms with Crippen molar-refractivity contribution in [1.82, 2.24) is 30.4 Å². The normalized spacial score (nSPS) is 27.0. The average Bonchev–Trinajstić information content (AvgIpc) is 3.28. The molecule has 0 spiro atoms. The van der Waals surface area contributed by atoms with Crippen LogP contribution < -0.4 is 10.7 Å². The molecule has 9 nitrogen and oxygen atoms in total. The third kappa shape index (κ3) is 3.51. The third-order valence-electron chi connectivity index (χ3n) is 5.01. The lowest BCUT2D eigenvalue weighted by molar-refractivity contribution is -0.139. The molecule has 1 aromatic heterocycles. The fraction of sp³-hybridized carbons (Fsp3) is 0.625. The molecule has 4 amide bonds. The molecule has 25 heavy (non-hydrogen) atoms. The number of likely N-dealkylation sites (tertiary alicyclic amines) is 1. The number of rotatable bonds is 6. The summed E-state index contributed by atoms with van der Waals surface area (Å²) >= 11 is 0. The minimum Gasteiger partial charge on any atom is -0.322 e. The standard InChI is InChI=1S/C16H24N6O3/c1-3-16(2)14(24)22(15(25)18-16)19-13(23)11-20-8-4-6-12(20)10-21-9-5-7-17-21/h5,7,9,12H,3-4,6,8,10-11H2,1-2H3,(H,18,25)(H,19,23)/t12-,16+/m1/s1. The maximum Gasteiger partial charge on any atom is 0.344 e. The summed E-state index contributed by atoms with van der Waals surface area (Å²) in [5.41, 5.74) is 1.49. The van der Waals surface area contributed by atoms with Crippen molar-refractivity contribution in [3.63, 3.8) is 0 Å². The summed E-state index contributed by atoms with van der Waals surface area (Å²) in [6.45, 7) is 5.14. The third-order valence-corrected chi connectivity index (χ3v) is 5.01. The van der Waals surface area contributed by atoms with Gasteiger partial charge in [-0.15, -0.1) is 0 Å². The summed E-state index contributed by atoms with van der Waals surface area (Å²) in [4.78, 5) is 38.7. The summed E-state index contributed by atoms with van der Waals surface area (Å²) in [7, 11) is 0. The highest BCUT2D eigenvalue weighted by atomic mass is 16.2. The van der Waals surface area contributed by atoms with E-state index in [1.165, 1.54) is 0 Å². The Bertz CT molecular complexity index is 661. The van der Waals surface area contributed by atoms with Crippen LogP contribution in [0.15, 0.2) is 18.5 Å². The van der Waals surface area contributed by atoms with Crippen molar-refractivity contribution in [3.8, 4) is 0 Å². The van der Waals surface area contributed by atoms with Gasteiger partial charge in [-0.05, 0) is 38.8 Å². The molecular weight excluding hydrogens is 324 g/mol. The first-order chi connectivity index (χ1) is 11.9. The molecule has 1 aromatic rings. The molecule has 2 aliphatic rings. The summed E-state index contributed by atoms with van der Waals surface area (Å²) in [6, 6.07) is 1.50. The Morgan fingerprint density at radius 3 is 2.92 bits per heavy atom. The van der Waals surface area contributed by atoms with E-state index in [9.17, 15) is 14.4 Å². The number of aromatic nitrogens is 2. The Morgan fingerprint density at radius 2 is 2.28 bits per heavy atom. The van der Waals surface area contributed by atoms with E-state index in [0.29, 0.717) is 6.42 Å². The van der Waals surface area contributed by atoms with Crippen LogP contribution in [0.2, 0.25) is 0 Å². The van der Waals surface area contributed by atoms with Gasteiger partial charge in [-0.2, -0.15) is 10.1 Å². The van der Waals surface area contributed by atoms with Gasteiger partial charge in [0.05, 0.1) is 13.1 Å². The smallest absolute Gasteiger partial charge is 0.322 e. The van der Waals surface area contributed by atoms with Crippen molar-refractivity contribution < 1.29 is 14.4 Å². The fourth-order valence-corrected chi connectivity index (χ4v) is 3.30. The number of carbonyl (C=O) groups excluding carboxylic acids is 3. The van der Waals surface area contributed by atoms with Crippen LogP contribution in [0.1, 0.15) is 33.1 Å². The SMILES string of the molecule is CC[C@]1(C)NC(=O)N(NC(=O)CN2CCC[C@@H]2Cn2cccn2)C1=O. The van der Waals surface area contributed by atoms with Crippen molar-refractivity contribution >= 4 is 17.8 Å². The molecule has 0 unspecified atom stereocenters. The van der Waals surface area contributed by atoms with Gasteiger partial charge in [0.1, 0.15) is 5.54 Å². The number of hydrogen-bond acceptors (Lipinski definition) is 5. The quantitative estimate of drug-likeness (QED) is 0.710. The minimum atomic E-state index is -0.958. The van der Waals surface area contributed by atoms with E-state index < -0.39 is 17.5 Å². The van der Waals surface area contributed by atoms with Gasteiger partial charge in [-0.3, -0.25) is 24.6 Å². The van der Waals surface area contributed by atoms with E-state index in [2.05, 4.69) is 20.7 Å². The molecule has 2 saturated heterocycles. The zero-order chi connectivity index (χ0) is 18.0. The van der Waals surface area contributed by atoms with E-state index in [0.717, 1.165) is 30.9 Å².